The molecule has 2 rings (SSSR count). The first kappa shape index (κ1) is 19.2. The number of rotatable bonds is 6. The third kappa shape index (κ3) is 4.94. The number of likely N-dealkylation sites (tertiary alicyclic amines) is 1. The number of hydrogen-bond donors (Lipinski definition) is 1. The van der Waals surface area contributed by atoms with E-state index in [-0.39, 0.29) is 5.92 Å². The lowest BCUT2D eigenvalue weighted by molar-refractivity contribution is -0.138. The molecule has 0 bridgehead atoms. The highest BCUT2D eigenvalue weighted by atomic mass is 19.4. The molecule has 1 saturated heterocycles. The first-order chi connectivity index (χ1) is 11.2. The second-order valence-electron chi connectivity index (χ2n) is 7.02. The van der Waals surface area contributed by atoms with Gasteiger partial charge < -0.3 is 14.9 Å². The molecule has 1 aliphatic heterocycles. The van der Waals surface area contributed by atoms with E-state index in [9.17, 15) is 18.3 Å². The molecule has 0 spiro atoms. The van der Waals surface area contributed by atoms with Crippen LogP contribution < -0.4 is 0 Å². The van der Waals surface area contributed by atoms with Gasteiger partial charge >= 0.3 is 6.18 Å². The number of alkyl halides is 3. The highest BCUT2D eigenvalue weighted by Crippen LogP contribution is 2.38. The van der Waals surface area contributed by atoms with Crippen LogP contribution in [0.25, 0.3) is 0 Å². The lowest BCUT2D eigenvalue weighted by atomic mass is 9.93. The highest BCUT2D eigenvalue weighted by Gasteiger charge is 2.36. The van der Waals surface area contributed by atoms with E-state index in [0.717, 1.165) is 12.6 Å². The van der Waals surface area contributed by atoms with Crippen molar-refractivity contribution in [2.45, 2.75) is 44.5 Å². The number of hydrogen-bond acceptors (Lipinski definition) is 3. The molecule has 1 aromatic rings. The quantitative estimate of drug-likeness (QED) is 0.859. The van der Waals surface area contributed by atoms with Gasteiger partial charge in [0.1, 0.15) is 0 Å². The highest BCUT2D eigenvalue weighted by molar-refractivity contribution is 5.33. The molecule has 3 nitrogen and oxygen atoms in total. The maximum atomic E-state index is 13.2. The van der Waals surface area contributed by atoms with E-state index in [1.54, 1.807) is 12.1 Å². The van der Waals surface area contributed by atoms with E-state index >= 15 is 0 Å². The molecule has 0 saturated carbocycles. The van der Waals surface area contributed by atoms with E-state index in [1.165, 1.54) is 6.07 Å². The maximum Gasteiger partial charge on any atom is 0.416 e. The number of aliphatic hydroxyl groups is 1. The molecule has 1 heterocycles. The molecule has 0 amide bonds. The SMILES string of the molecule is CC(C)N(C)C[C@H](O)CN1CCC(c2ccccc2C(F)(F)F)C1. The largest absolute Gasteiger partial charge is 0.416 e. The van der Waals surface area contributed by atoms with Crippen LogP contribution in [-0.4, -0.2) is 60.3 Å². The maximum absolute atomic E-state index is 13.2. The summed E-state index contributed by atoms with van der Waals surface area (Å²) in [6.45, 7) is 6.48. The van der Waals surface area contributed by atoms with Gasteiger partial charge in [0.25, 0.3) is 0 Å². The average molecular weight is 344 g/mol. The Kier molecular flexibility index (Phi) is 6.28. The molecule has 1 fully saturated rings. The van der Waals surface area contributed by atoms with Gasteiger partial charge in [0, 0.05) is 25.7 Å². The van der Waals surface area contributed by atoms with Gasteiger partial charge in [-0.05, 0) is 51.4 Å². The smallest absolute Gasteiger partial charge is 0.390 e. The number of halogens is 3. The Morgan fingerprint density at radius 1 is 1.29 bits per heavy atom. The van der Waals surface area contributed by atoms with Crippen LogP contribution >= 0.6 is 0 Å². The number of likely N-dealkylation sites (N-methyl/N-ethyl adjacent to an activating group) is 1. The molecule has 24 heavy (non-hydrogen) atoms. The van der Waals surface area contributed by atoms with Gasteiger partial charge in [-0.2, -0.15) is 13.2 Å². The van der Waals surface area contributed by atoms with Gasteiger partial charge in [-0.3, -0.25) is 0 Å². The van der Waals surface area contributed by atoms with E-state index in [1.807, 2.05) is 7.05 Å². The Morgan fingerprint density at radius 3 is 2.58 bits per heavy atom. The van der Waals surface area contributed by atoms with E-state index in [0.29, 0.717) is 37.7 Å². The number of aliphatic hydroxyl groups excluding tert-OH is 1. The van der Waals surface area contributed by atoms with E-state index < -0.39 is 17.8 Å². The molecule has 1 aliphatic rings. The molecule has 136 valence electrons. The van der Waals surface area contributed by atoms with Crippen molar-refractivity contribution in [3.05, 3.63) is 35.4 Å². The normalized spacial score (nSPS) is 21.0. The van der Waals surface area contributed by atoms with Gasteiger partial charge in [0.15, 0.2) is 0 Å². The Bertz CT molecular complexity index is 533. The summed E-state index contributed by atoms with van der Waals surface area (Å²) < 4.78 is 39.5. The Morgan fingerprint density at radius 2 is 1.96 bits per heavy atom. The van der Waals surface area contributed by atoms with E-state index in [4.69, 9.17) is 0 Å². The van der Waals surface area contributed by atoms with Crippen molar-refractivity contribution in [3.8, 4) is 0 Å². The zero-order valence-electron chi connectivity index (χ0n) is 14.6. The summed E-state index contributed by atoms with van der Waals surface area (Å²) in [5.74, 6) is -0.127. The lowest BCUT2D eigenvalue weighted by Crippen LogP contribution is -2.40. The fourth-order valence-electron chi connectivity index (χ4n) is 3.26. The molecular formula is C18H27F3N2O. The summed E-state index contributed by atoms with van der Waals surface area (Å²) in [7, 11) is 1.96. The zero-order valence-corrected chi connectivity index (χ0v) is 14.6. The lowest BCUT2D eigenvalue weighted by Gasteiger charge is -2.27. The number of β-amino-alcohol motifs (C(OH)–C–C–N with tert-alkyl or cyclic N) is 1. The van der Waals surface area contributed by atoms with Gasteiger partial charge in [-0.25, -0.2) is 0 Å². The third-order valence-electron chi connectivity index (χ3n) is 4.83. The van der Waals surface area contributed by atoms with Crippen LogP contribution in [0.5, 0.6) is 0 Å². The summed E-state index contributed by atoms with van der Waals surface area (Å²) >= 11 is 0. The van der Waals surface area contributed by atoms with E-state index in [2.05, 4.69) is 23.6 Å². The molecule has 0 aliphatic carbocycles. The Labute approximate surface area is 142 Å². The van der Waals surface area contributed by atoms with Crippen molar-refractivity contribution in [2.75, 3.05) is 33.2 Å². The topological polar surface area (TPSA) is 26.7 Å². The van der Waals surface area contributed by atoms with Crippen molar-refractivity contribution in [2.24, 2.45) is 0 Å². The summed E-state index contributed by atoms with van der Waals surface area (Å²) in [4.78, 5) is 4.13. The molecule has 2 atom stereocenters. The van der Waals surface area contributed by atoms with Crippen molar-refractivity contribution >= 4 is 0 Å². The molecule has 6 heteroatoms. The molecule has 1 aromatic carbocycles. The van der Waals surface area contributed by atoms with Crippen LogP contribution in [0.1, 0.15) is 37.3 Å². The number of benzene rings is 1. The van der Waals surface area contributed by atoms with Crippen LogP contribution in [-0.2, 0) is 6.18 Å². The van der Waals surface area contributed by atoms with Crippen LogP contribution in [0.3, 0.4) is 0 Å². The van der Waals surface area contributed by atoms with Crippen molar-refractivity contribution in [3.63, 3.8) is 0 Å². The summed E-state index contributed by atoms with van der Waals surface area (Å²) in [5, 5.41) is 10.2. The molecule has 0 aromatic heterocycles. The minimum Gasteiger partial charge on any atom is -0.390 e. The number of nitrogens with zero attached hydrogens (tertiary/aromatic N) is 2. The Balaban J connectivity index is 1.97. The van der Waals surface area contributed by atoms with Crippen LogP contribution in [0.4, 0.5) is 13.2 Å². The van der Waals surface area contributed by atoms with Crippen molar-refractivity contribution in [1.82, 2.24) is 9.80 Å². The summed E-state index contributed by atoms with van der Waals surface area (Å²) in [5.41, 5.74) is -0.154. The van der Waals surface area contributed by atoms with Crippen LogP contribution in [0.2, 0.25) is 0 Å². The summed E-state index contributed by atoms with van der Waals surface area (Å²) in [6.07, 6.45) is -4.11. The predicted molar refractivity (Wildman–Crippen MR) is 89.0 cm³/mol. The second kappa shape index (κ2) is 7.85. The standard InChI is InChI=1S/C18H27F3N2O/c1-13(2)22(3)11-15(24)12-23-9-8-14(10-23)16-6-4-5-7-17(16)18(19,20)21/h4-7,13-15,24H,8-12H2,1-3H3/t14?,15-/m0/s1. The Hall–Kier alpha value is -1.11. The first-order valence-corrected chi connectivity index (χ1v) is 8.45. The first-order valence-electron chi connectivity index (χ1n) is 8.45. The van der Waals surface area contributed by atoms with Gasteiger partial charge in [0.2, 0.25) is 0 Å². The third-order valence-corrected chi connectivity index (χ3v) is 4.83. The predicted octanol–water partition coefficient (Wildman–Crippen LogP) is 3.20. The molecule has 1 N–H and O–H groups in total. The fourth-order valence-corrected chi connectivity index (χ4v) is 3.26. The summed E-state index contributed by atoms with van der Waals surface area (Å²) in [6, 6.07) is 6.19. The zero-order chi connectivity index (χ0) is 17.9. The molecule has 0 radical (unpaired) electrons. The average Bonchev–Trinajstić information content (AvgIpc) is 2.94. The molecule has 1 unspecified atom stereocenters. The monoisotopic (exact) mass is 344 g/mol. The molecular weight excluding hydrogens is 317 g/mol. The van der Waals surface area contributed by atoms with Gasteiger partial charge in [-0.1, -0.05) is 18.2 Å². The van der Waals surface area contributed by atoms with Gasteiger partial charge in [0.05, 0.1) is 11.7 Å². The minimum atomic E-state index is -4.32. The van der Waals surface area contributed by atoms with Crippen molar-refractivity contribution in [1.29, 1.82) is 0 Å². The van der Waals surface area contributed by atoms with Crippen LogP contribution in [0.15, 0.2) is 24.3 Å². The van der Waals surface area contributed by atoms with Crippen LogP contribution in [0, 0.1) is 0 Å². The second-order valence-corrected chi connectivity index (χ2v) is 7.02. The fraction of sp³-hybridized carbons (Fsp3) is 0.667. The minimum absolute atomic E-state index is 0.127. The van der Waals surface area contributed by atoms with Gasteiger partial charge in [-0.15, -0.1) is 0 Å². The van der Waals surface area contributed by atoms with Crippen molar-refractivity contribution < 1.29 is 18.3 Å².